The molecule has 0 aliphatic rings. The minimum Gasteiger partial charge on any atom is -0.507 e. The van der Waals surface area contributed by atoms with E-state index in [0.717, 1.165) is 24.2 Å². The Labute approximate surface area is 121 Å². The molecule has 0 bridgehead atoms. The van der Waals surface area contributed by atoms with Crippen molar-refractivity contribution >= 4 is 5.69 Å². The number of benzene rings is 2. The van der Waals surface area contributed by atoms with Crippen LogP contribution in [0.1, 0.15) is 29.2 Å². The van der Waals surface area contributed by atoms with Crippen molar-refractivity contribution in [1.29, 1.82) is 0 Å². The summed E-state index contributed by atoms with van der Waals surface area (Å²) in [7, 11) is 0. The Hall–Kier alpha value is -1.96. The van der Waals surface area contributed by atoms with Crippen LogP contribution in [-0.4, -0.2) is 11.7 Å². The summed E-state index contributed by atoms with van der Waals surface area (Å²) < 4.78 is 0. The quantitative estimate of drug-likeness (QED) is 0.892. The highest BCUT2D eigenvalue weighted by Crippen LogP contribution is 2.25. The van der Waals surface area contributed by atoms with Crippen LogP contribution in [0.15, 0.2) is 36.4 Å². The molecule has 0 radical (unpaired) electrons. The summed E-state index contributed by atoms with van der Waals surface area (Å²) in [5.41, 5.74) is 5.65. The van der Waals surface area contributed by atoms with E-state index < -0.39 is 0 Å². The lowest BCUT2D eigenvalue weighted by Gasteiger charge is -2.24. The number of phenolic OH excluding ortho intramolecular Hbond substituents is 1. The maximum atomic E-state index is 9.86. The molecule has 0 spiro atoms. The van der Waals surface area contributed by atoms with E-state index in [4.69, 9.17) is 0 Å². The lowest BCUT2D eigenvalue weighted by Crippen LogP contribution is -2.22. The third kappa shape index (κ3) is 3.13. The SMILES string of the molecule is CCN(Cc1cc(C)c(O)c(C)c1)c1cccc(C)c1. The predicted octanol–water partition coefficient (Wildman–Crippen LogP) is 4.34. The second-order valence-electron chi connectivity index (χ2n) is 5.43. The molecule has 2 nitrogen and oxygen atoms in total. The first-order valence-corrected chi connectivity index (χ1v) is 7.12. The molecule has 106 valence electrons. The Morgan fingerprint density at radius 2 is 1.65 bits per heavy atom. The van der Waals surface area contributed by atoms with Gasteiger partial charge in [-0.1, -0.05) is 24.3 Å². The minimum absolute atomic E-state index is 0.410. The van der Waals surface area contributed by atoms with Gasteiger partial charge >= 0.3 is 0 Å². The standard InChI is InChI=1S/C18H23NO/c1-5-19(17-8-6-7-13(2)9-17)12-16-10-14(3)18(20)15(4)11-16/h6-11,20H,5,12H2,1-4H3. The lowest BCUT2D eigenvalue weighted by atomic mass is 10.0. The highest BCUT2D eigenvalue weighted by atomic mass is 16.3. The number of rotatable bonds is 4. The van der Waals surface area contributed by atoms with Gasteiger partial charge < -0.3 is 10.0 Å². The second-order valence-corrected chi connectivity index (χ2v) is 5.43. The molecule has 1 N–H and O–H groups in total. The van der Waals surface area contributed by atoms with Gasteiger partial charge in [-0.3, -0.25) is 0 Å². The Kier molecular flexibility index (Phi) is 4.33. The first-order chi connectivity index (χ1) is 9.51. The monoisotopic (exact) mass is 269 g/mol. The summed E-state index contributed by atoms with van der Waals surface area (Å²) in [5, 5.41) is 9.86. The summed E-state index contributed by atoms with van der Waals surface area (Å²) in [6, 6.07) is 12.7. The number of nitrogens with zero attached hydrogens (tertiary/aromatic N) is 1. The minimum atomic E-state index is 0.410. The van der Waals surface area contributed by atoms with Crippen LogP contribution in [0.4, 0.5) is 5.69 Å². The maximum Gasteiger partial charge on any atom is 0.121 e. The van der Waals surface area contributed by atoms with Crippen LogP contribution < -0.4 is 4.90 Å². The second kappa shape index (κ2) is 6.00. The molecule has 2 aromatic rings. The van der Waals surface area contributed by atoms with Crippen LogP contribution in [0.5, 0.6) is 5.75 Å². The fourth-order valence-corrected chi connectivity index (χ4v) is 2.57. The van der Waals surface area contributed by atoms with Crippen molar-refractivity contribution in [2.45, 2.75) is 34.2 Å². The molecule has 20 heavy (non-hydrogen) atoms. The third-order valence-corrected chi connectivity index (χ3v) is 3.67. The number of hydrogen-bond acceptors (Lipinski definition) is 2. The molecule has 0 amide bonds. The van der Waals surface area contributed by atoms with E-state index in [9.17, 15) is 5.11 Å². The zero-order chi connectivity index (χ0) is 14.7. The van der Waals surface area contributed by atoms with Crippen LogP contribution in [0.3, 0.4) is 0 Å². The van der Waals surface area contributed by atoms with Gasteiger partial charge in [0.2, 0.25) is 0 Å². The van der Waals surface area contributed by atoms with Crippen molar-refractivity contribution < 1.29 is 5.11 Å². The van der Waals surface area contributed by atoms with Crippen LogP contribution in [0.2, 0.25) is 0 Å². The molecule has 2 heteroatoms. The van der Waals surface area contributed by atoms with Gasteiger partial charge in [0.1, 0.15) is 5.75 Å². The lowest BCUT2D eigenvalue weighted by molar-refractivity contribution is 0.466. The first kappa shape index (κ1) is 14.4. The van der Waals surface area contributed by atoms with Crippen molar-refractivity contribution in [3.05, 3.63) is 58.7 Å². The van der Waals surface area contributed by atoms with Gasteiger partial charge in [0, 0.05) is 18.8 Å². The zero-order valence-corrected chi connectivity index (χ0v) is 12.8. The fourth-order valence-electron chi connectivity index (χ4n) is 2.57. The smallest absolute Gasteiger partial charge is 0.121 e. The molecule has 0 aromatic heterocycles. The van der Waals surface area contributed by atoms with Crippen LogP contribution >= 0.6 is 0 Å². The highest BCUT2D eigenvalue weighted by Gasteiger charge is 2.08. The average Bonchev–Trinajstić information content (AvgIpc) is 2.42. The third-order valence-electron chi connectivity index (χ3n) is 3.67. The van der Waals surface area contributed by atoms with Crippen molar-refractivity contribution in [2.75, 3.05) is 11.4 Å². The van der Waals surface area contributed by atoms with Gasteiger partial charge in [0.05, 0.1) is 0 Å². The highest BCUT2D eigenvalue weighted by molar-refractivity contribution is 5.50. The van der Waals surface area contributed by atoms with Gasteiger partial charge in [0.15, 0.2) is 0 Å². The normalized spacial score (nSPS) is 10.6. The van der Waals surface area contributed by atoms with Gasteiger partial charge in [-0.15, -0.1) is 0 Å². The van der Waals surface area contributed by atoms with E-state index in [0.29, 0.717) is 5.75 Å². The van der Waals surface area contributed by atoms with Crippen LogP contribution in [0, 0.1) is 20.8 Å². The summed E-state index contributed by atoms with van der Waals surface area (Å²) in [5.74, 6) is 0.410. The molecule has 0 heterocycles. The van der Waals surface area contributed by atoms with E-state index >= 15 is 0 Å². The summed E-state index contributed by atoms with van der Waals surface area (Å²) in [4.78, 5) is 2.35. The van der Waals surface area contributed by atoms with Crippen LogP contribution in [0.25, 0.3) is 0 Å². The molecule has 0 saturated carbocycles. The molecule has 2 rings (SSSR count). The van der Waals surface area contributed by atoms with Crippen molar-refractivity contribution in [3.63, 3.8) is 0 Å². The van der Waals surface area contributed by atoms with Gasteiger partial charge in [-0.2, -0.15) is 0 Å². The number of phenols is 1. The van der Waals surface area contributed by atoms with Gasteiger partial charge in [0.25, 0.3) is 0 Å². The fraction of sp³-hybridized carbons (Fsp3) is 0.333. The molecule has 0 unspecified atom stereocenters. The molecular formula is C18H23NO. The largest absolute Gasteiger partial charge is 0.507 e. The van der Waals surface area contributed by atoms with E-state index in [1.807, 2.05) is 13.8 Å². The Morgan fingerprint density at radius 1 is 1.00 bits per heavy atom. The summed E-state index contributed by atoms with van der Waals surface area (Å²) in [6.45, 7) is 10.0. The van der Waals surface area contributed by atoms with E-state index in [-0.39, 0.29) is 0 Å². The van der Waals surface area contributed by atoms with E-state index in [2.05, 4.69) is 55.1 Å². The molecule has 0 atom stereocenters. The molecule has 2 aromatic carbocycles. The molecule has 0 aliphatic carbocycles. The van der Waals surface area contributed by atoms with E-state index in [1.54, 1.807) is 0 Å². The molecule has 0 saturated heterocycles. The topological polar surface area (TPSA) is 23.5 Å². The Morgan fingerprint density at radius 3 is 2.20 bits per heavy atom. The first-order valence-electron chi connectivity index (χ1n) is 7.12. The number of aromatic hydroxyl groups is 1. The van der Waals surface area contributed by atoms with Crippen molar-refractivity contribution in [2.24, 2.45) is 0 Å². The predicted molar refractivity (Wildman–Crippen MR) is 85.5 cm³/mol. The Balaban J connectivity index is 2.27. The van der Waals surface area contributed by atoms with Crippen molar-refractivity contribution in [3.8, 4) is 5.75 Å². The van der Waals surface area contributed by atoms with Crippen molar-refractivity contribution in [1.82, 2.24) is 0 Å². The molecule has 0 fully saturated rings. The van der Waals surface area contributed by atoms with Crippen LogP contribution in [-0.2, 0) is 6.54 Å². The summed E-state index contributed by atoms with van der Waals surface area (Å²) >= 11 is 0. The summed E-state index contributed by atoms with van der Waals surface area (Å²) in [6.07, 6.45) is 0. The molecule has 0 aliphatic heterocycles. The number of hydrogen-bond donors (Lipinski definition) is 1. The van der Waals surface area contributed by atoms with Gasteiger partial charge in [-0.05, 0) is 62.1 Å². The van der Waals surface area contributed by atoms with Gasteiger partial charge in [-0.25, -0.2) is 0 Å². The van der Waals surface area contributed by atoms with E-state index in [1.165, 1.54) is 16.8 Å². The number of anilines is 1. The maximum absolute atomic E-state index is 9.86. The average molecular weight is 269 g/mol. The number of aryl methyl sites for hydroxylation is 3. The molecular weight excluding hydrogens is 246 g/mol. The Bertz CT molecular complexity index is 581. The zero-order valence-electron chi connectivity index (χ0n) is 12.8.